The van der Waals surface area contributed by atoms with Gasteiger partial charge in [0, 0.05) is 22.0 Å². The van der Waals surface area contributed by atoms with Crippen LogP contribution in [0.4, 0.5) is 0 Å². The Morgan fingerprint density at radius 2 is 1.73 bits per heavy atom. The summed E-state index contributed by atoms with van der Waals surface area (Å²) in [5.74, 6) is 0.410. The molecule has 4 aromatic rings. The molecule has 0 aliphatic rings. The highest BCUT2D eigenvalue weighted by Gasteiger charge is 2.17. The molecule has 0 N–H and O–H groups in total. The molecule has 168 valence electrons. The van der Waals surface area contributed by atoms with Crippen molar-refractivity contribution in [2.24, 2.45) is 0 Å². The Labute approximate surface area is 199 Å². The zero-order valence-corrected chi connectivity index (χ0v) is 19.5. The smallest absolute Gasteiger partial charge is 0.338 e. The van der Waals surface area contributed by atoms with Crippen LogP contribution in [0.15, 0.2) is 84.9 Å². The molecule has 0 fully saturated rings. The monoisotopic (exact) mass is 459 g/mol. The van der Waals surface area contributed by atoms with E-state index in [1.807, 2.05) is 66.7 Å². The highest BCUT2D eigenvalue weighted by molar-refractivity contribution is 6.31. The van der Waals surface area contributed by atoms with E-state index in [2.05, 4.69) is 23.6 Å². The summed E-state index contributed by atoms with van der Waals surface area (Å²) in [6.07, 6.45) is 0.824. The number of rotatable bonds is 8. The highest BCUT2D eigenvalue weighted by Crippen LogP contribution is 2.36. The number of nitrogens with zero attached hydrogens (tertiary/aromatic N) is 1. The van der Waals surface area contributed by atoms with Crippen molar-refractivity contribution in [2.45, 2.75) is 26.9 Å². The molecule has 4 nitrogen and oxygen atoms in total. The van der Waals surface area contributed by atoms with Gasteiger partial charge in [0.1, 0.15) is 12.4 Å². The highest BCUT2D eigenvalue weighted by atomic mass is 35.5. The van der Waals surface area contributed by atoms with E-state index in [-0.39, 0.29) is 5.97 Å². The molecule has 33 heavy (non-hydrogen) atoms. The van der Waals surface area contributed by atoms with Crippen LogP contribution in [-0.4, -0.2) is 17.1 Å². The second kappa shape index (κ2) is 10.4. The predicted octanol–water partition coefficient (Wildman–Crippen LogP) is 7.12. The number of aryl methyl sites for hydroxylation is 1. The van der Waals surface area contributed by atoms with Gasteiger partial charge in [-0.3, -0.25) is 0 Å². The maximum Gasteiger partial charge on any atom is 0.338 e. The lowest BCUT2D eigenvalue weighted by Gasteiger charge is -2.17. The average Bonchev–Trinajstić information content (AvgIpc) is 3.28. The molecular weight excluding hydrogens is 434 g/mol. The number of hydrogen-bond acceptors (Lipinski definition) is 3. The number of carbonyl (C=O) groups is 1. The van der Waals surface area contributed by atoms with Gasteiger partial charge in [-0.15, -0.1) is 0 Å². The molecule has 4 rings (SSSR count). The van der Waals surface area contributed by atoms with Crippen LogP contribution >= 0.6 is 11.6 Å². The Morgan fingerprint density at radius 3 is 2.48 bits per heavy atom. The molecule has 0 unspecified atom stereocenters. The lowest BCUT2D eigenvalue weighted by molar-refractivity contribution is 0.0526. The van der Waals surface area contributed by atoms with Crippen LogP contribution in [0.25, 0.3) is 16.9 Å². The summed E-state index contributed by atoms with van der Waals surface area (Å²) in [6, 6.07) is 27.3. The fourth-order valence-corrected chi connectivity index (χ4v) is 3.99. The number of ether oxygens (including phenoxy) is 2. The molecule has 0 atom stereocenters. The third kappa shape index (κ3) is 5.12. The van der Waals surface area contributed by atoms with Gasteiger partial charge in [0.15, 0.2) is 0 Å². The van der Waals surface area contributed by atoms with Crippen LogP contribution in [0.2, 0.25) is 5.02 Å². The van der Waals surface area contributed by atoms with Gasteiger partial charge in [-0.05, 0) is 67.4 Å². The van der Waals surface area contributed by atoms with Gasteiger partial charge >= 0.3 is 5.97 Å². The van der Waals surface area contributed by atoms with Gasteiger partial charge in [0.05, 0.1) is 17.9 Å². The minimum Gasteiger partial charge on any atom is -0.488 e. The van der Waals surface area contributed by atoms with E-state index in [1.165, 1.54) is 0 Å². The standard InChI is InChI=1S/C28H26ClNO3/c1-3-23-14-15-26(30(23)24-12-8-11-21(17-24)28(31)32-4-2)25-18-22(29)13-16-27(25)33-19-20-9-6-5-7-10-20/h5-18H,3-4,19H2,1-2H3. The van der Waals surface area contributed by atoms with Crippen LogP contribution < -0.4 is 4.74 Å². The third-order valence-electron chi connectivity index (χ3n) is 5.39. The largest absolute Gasteiger partial charge is 0.488 e. The summed E-state index contributed by atoms with van der Waals surface area (Å²) < 4.78 is 13.6. The first-order valence-corrected chi connectivity index (χ1v) is 11.4. The third-order valence-corrected chi connectivity index (χ3v) is 5.63. The number of aromatic nitrogens is 1. The summed E-state index contributed by atoms with van der Waals surface area (Å²) in [4.78, 5) is 12.3. The maximum absolute atomic E-state index is 12.3. The van der Waals surface area contributed by atoms with E-state index < -0.39 is 0 Å². The lowest BCUT2D eigenvalue weighted by atomic mass is 10.1. The Bertz CT molecular complexity index is 1250. The lowest BCUT2D eigenvalue weighted by Crippen LogP contribution is -2.07. The SMILES string of the molecule is CCOC(=O)c1cccc(-n2c(CC)ccc2-c2cc(Cl)ccc2OCc2ccccc2)c1. The van der Waals surface area contributed by atoms with Gasteiger partial charge in [-0.2, -0.15) is 0 Å². The van der Waals surface area contributed by atoms with Crippen LogP contribution in [0.5, 0.6) is 5.75 Å². The van der Waals surface area contributed by atoms with Crippen molar-refractivity contribution in [3.8, 4) is 22.7 Å². The van der Waals surface area contributed by atoms with Crippen LogP contribution in [0.3, 0.4) is 0 Å². The zero-order chi connectivity index (χ0) is 23.2. The number of esters is 1. The quantitative estimate of drug-likeness (QED) is 0.263. The van der Waals surface area contributed by atoms with E-state index >= 15 is 0 Å². The Kier molecular flexibility index (Phi) is 7.16. The minimum atomic E-state index is -0.333. The summed E-state index contributed by atoms with van der Waals surface area (Å²) in [6.45, 7) is 4.70. The molecule has 0 spiro atoms. The van der Waals surface area contributed by atoms with Gasteiger partial charge in [-0.25, -0.2) is 4.79 Å². The van der Waals surface area contributed by atoms with Crippen LogP contribution in [-0.2, 0) is 17.8 Å². The summed E-state index contributed by atoms with van der Waals surface area (Å²) in [7, 11) is 0. The van der Waals surface area contributed by atoms with Crippen LogP contribution in [0, 0.1) is 0 Å². The number of halogens is 1. The second-order valence-electron chi connectivity index (χ2n) is 7.58. The fourth-order valence-electron chi connectivity index (χ4n) is 3.82. The molecule has 3 aromatic carbocycles. The first-order valence-electron chi connectivity index (χ1n) is 11.1. The van der Waals surface area contributed by atoms with Crippen LogP contribution in [0.1, 0.15) is 35.5 Å². The molecule has 0 saturated carbocycles. The van der Waals surface area contributed by atoms with Crippen molar-refractivity contribution in [1.29, 1.82) is 0 Å². The molecule has 0 amide bonds. The maximum atomic E-state index is 12.3. The molecule has 0 aliphatic heterocycles. The fraction of sp³-hybridized carbons (Fsp3) is 0.179. The van der Waals surface area contributed by atoms with E-state index in [0.29, 0.717) is 23.8 Å². The molecular formula is C28H26ClNO3. The van der Waals surface area contributed by atoms with Crippen molar-refractivity contribution >= 4 is 17.6 Å². The molecule has 0 bridgehead atoms. The number of carbonyl (C=O) groups excluding carboxylic acids is 1. The van der Waals surface area contributed by atoms with E-state index in [0.717, 1.165) is 40.4 Å². The van der Waals surface area contributed by atoms with Crippen molar-refractivity contribution in [3.63, 3.8) is 0 Å². The Balaban J connectivity index is 1.77. The summed E-state index contributed by atoms with van der Waals surface area (Å²) in [5.41, 5.74) is 5.43. The Hall–Kier alpha value is -3.50. The second-order valence-corrected chi connectivity index (χ2v) is 8.02. The molecule has 1 heterocycles. The van der Waals surface area contributed by atoms with Crippen molar-refractivity contribution < 1.29 is 14.3 Å². The molecule has 1 aromatic heterocycles. The predicted molar refractivity (Wildman–Crippen MR) is 132 cm³/mol. The molecule has 0 radical (unpaired) electrons. The normalized spacial score (nSPS) is 10.8. The summed E-state index contributed by atoms with van der Waals surface area (Å²) in [5, 5.41) is 0.628. The molecule has 5 heteroatoms. The average molecular weight is 460 g/mol. The van der Waals surface area contributed by atoms with E-state index in [1.54, 1.807) is 13.0 Å². The van der Waals surface area contributed by atoms with Crippen molar-refractivity contribution in [3.05, 3.63) is 107 Å². The van der Waals surface area contributed by atoms with Crippen molar-refractivity contribution in [1.82, 2.24) is 4.57 Å². The van der Waals surface area contributed by atoms with E-state index in [4.69, 9.17) is 21.1 Å². The molecule has 0 saturated heterocycles. The van der Waals surface area contributed by atoms with E-state index in [9.17, 15) is 4.79 Å². The van der Waals surface area contributed by atoms with Gasteiger partial charge < -0.3 is 14.0 Å². The minimum absolute atomic E-state index is 0.333. The Morgan fingerprint density at radius 1 is 0.909 bits per heavy atom. The zero-order valence-electron chi connectivity index (χ0n) is 18.8. The topological polar surface area (TPSA) is 40.5 Å². The first kappa shape index (κ1) is 22.7. The van der Waals surface area contributed by atoms with Gasteiger partial charge in [-0.1, -0.05) is 54.9 Å². The molecule has 0 aliphatic carbocycles. The van der Waals surface area contributed by atoms with Gasteiger partial charge in [0.25, 0.3) is 0 Å². The van der Waals surface area contributed by atoms with Gasteiger partial charge in [0.2, 0.25) is 0 Å². The first-order chi connectivity index (χ1) is 16.1. The summed E-state index contributed by atoms with van der Waals surface area (Å²) >= 11 is 6.40. The number of benzene rings is 3. The van der Waals surface area contributed by atoms with Crippen molar-refractivity contribution in [2.75, 3.05) is 6.61 Å². The number of hydrogen-bond donors (Lipinski definition) is 0.